The average molecular weight is 260 g/mol. The van der Waals surface area contributed by atoms with Crippen LogP contribution < -0.4 is 4.90 Å². The van der Waals surface area contributed by atoms with Gasteiger partial charge in [0.15, 0.2) is 0 Å². The molecule has 0 bridgehead atoms. The molecule has 1 saturated carbocycles. The molecule has 0 radical (unpaired) electrons. The van der Waals surface area contributed by atoms with Crippen LogP contribution in [0.4, 0.5) is 5.95 Å². The summed E-state index contributed by atoms with van der Waals surface area (Å²) in [6, 6.07) is -0.363. The predicted molar refractivity (Wildman–Crippen MR) is 70.1 cm³/mol. The number of carbonyl (C=O) groups is 1. The first kappa shape index (κ1) is 12.1. The van der Waals surface area contributed by atoms with Gasteiger partial charge >= 0.3 is 0 Å². The Hall–Kier alpha value is -1.98. The molecule has 1 aliphatic heterocycles. The highest BCUT2D eigenvalue weighted by Crippen LogP contribution is 2.39. The van der Waals surface area contributed by atoms with Gasteiger partial charge in [0, 0.05) is 5.92 Å². The molecule has 1 amide bonds. The summed E-state index contributed by atoms with van der Waals surface area (Å²) in [5.41, 5.74) is 1.18. The first-order valence-electron chi connectivity index (χ1n) is 6.48. The van der Waals surface area contributed by atoms with Gasteiger partial charge < -0.3 is 4.52 Å². The van der Waals surface area contributed by atoms with Gasteiger partial charge in [-0.15, -0.1) is 0 Å². The third-order valence-electron chi connectivity index (χ3n) is 3.21. The molecule has 0 N–H and O–H groups in total. The van der Waals surface area contributed by atoms with Crippen LogP contribution in [0.5, 0.6) is 0 Å². The molecule has 3 rings (SSSR count). The van der Waals surface area contributed by atoms with Crippen molar-refractivity contribution in [3.8, 4) is 0 Å². The molecule has 1 aromatic rings. The van der Waals surface area contributed by atoms with Gasteiger partial charge in [0.05, 0.1) is 0 Å². The largest absolute Gasteiger partial charge is 0.337 e. The highest BCUT2D eigenvalue weighted by atomic mass is 16.5. The Balaban J connectivity index is 1.70. The maximum atomic E-state index is 12.2. The van der Waals surface area contributed by atoms with E-state index >= 15 is 0 Å². The van der Waals surface area contributed by atoms with Crippen molar-refractivity contribution in [2.45, 2.75) is 45.1 Å². The molecule has 0 saturated heterocycles. The average Bonchev–Trinajstić information content (AvgIpc) is 3.00. The lowest BCUT2D eigenvalue weighted by Gasteiger charge is -2.08. The van der Waals surface area contributed by atoms with Gasteiger partial charge in [-0.2, -0.15) is 4.98 Å². The fourth-order valence-corrected chi connectivity index (χ4v) is 1.91. The highest BCUT2D eigenvalue weighted by molar-refractivity contribution is 6.13. The second-order valence-electron chi connectivity index (χ2n) is 5.21. The lowest BCUT2D eigenvalue weighted by atomic mass is 10.1. The maximum absolute atomic E-state index is 12.2. The molecule has 2 heterocycles. The van der Waals surface area contributed by atoms with Crippen LogP contribution in [0.2, 0.25) is 0 Å². The van der Waals surface area contributed by atoms with E-state index in [2.05, 4.69) is 15.1 Å². The zero-order valence-corrected chi connectivity index (χ0v) is 11.0. The van der Waals surface area contributed by atoms with Gasteiger partial charge in [-0.1, -0.05) is 11.6 Å². The molecule has 1 aliphatic carbocycles. The number of rotatable bonds is 4. The molecule has 0 spiro atoms. The number of hydrogen-bond acceptors (Lipinski definition) is 5. The van der Waals surface area contributed by atoms with Gasteiger partial charge in [-0.3, -0.25) is 9.79 Å². The van der Waals surface area contributed by atoms with Crippen LogP contribution in [-0.4, -0.2) is 28.4 Å². The molecular formula is C13H16N4O2. The van der Waals surface area contributed by atoms with Crippen LogP contribution in [0.3, 0.4) is 0 Å². The number of nitrogens with zero attached hydrogens (tertiary/aromatic N) is 4. The molecule has 6 heteroatoms. The standard InChI is InChI=1S/C13H16N4O2/c1-8(2)3-6-10-12(18)17(7-14-10)13-15-11(19-16-13)9-4-5-9/h3,7,9-10H,4-6H2,1-2H3. The highest BCUT2D eigenvalue weighted by Gasteiger charge is 2.34. The van der Waals surface area contributed by atoms with Crippen molar-refractivity contribution < 1.29 is 9.32 Å². The minimum Gasteiger partial charge on any atom is -0.337 e. The van der Waals surface area contributed by atoms with E-state index in [1.165, 1.54) is 16.8 Å². The number of allylic oxidation sites excluding steroid dienone is 1. The SMILES string of the molecule is CC(C)=CCC1N=CN(c2noc(C3CC3)n2)C1=O. The second-order valence-corrected chi connectivity index (χ2v) is 5.21. The van der Waals surface area contributed by atoms with Gasteiger partial charge in [0.1, 0.15) is 12.4 Å². The van der Waals surface area contributed by atoms with Crippen molar-refractivity contribution in [1.29, 1.82) is 0 Å². The quantitative estimate of drug-likeness (QED) is 0.777. The summed E-state index contributed by atoms with van der Waals surface area (Å²) in [6.07, 6.45) is 6.30. The molecule has 100 valence electrons. The van der Waals surface area contributed by atoms with Gasteiger partial charge in [-0.25, -0.2) is 4.90 Å². The zero-order chi connectivity index (χ0) is 13.4. The normalized spacial score (nSPS) is 22.1. The monoisotopic (exact) mass is 260 g/mol. The Morgan fingerprint density at radius 3 is 3.00 bits per heavy atom. The van der Waals surface area contributed by atoms with E-state index in [4.69, 9.17) is 4.52 Å². The molecular weight excluding hydrogens is 244 g/mol. The predicted octanol–water partition coefficient (Wildman–Crippen LogP) is 2.05. The van der Waals surface area contributed by atoms with Crippen LogP contribution in [0.1, 0.15) is 44.9 Å². The van der Waals surface area contributed by atoms with E-state index in [9.17, 15) is 4.79 Å². The zero-order valence-electron chi connectivity index (χ0n) is 11.0. The maximum Gasteiger partial charge on any atom is 0.278 e. The van der Waals surface area contributed by atoms with Crippen LogP contribution in [0.25, 0.3) is 0 Å². The van der Waals surface area contributed by atoms with Crippen molar-refractivity contribution in [2.24, 2.45) is 4.99 Å². The first-order chi connectivity index (χ1) is 9.15. The molecule has 1 fully saturated rings. The molecule has 1 aromatic heterocycles. The molecule has 1 atom stereocenters. The fourth-order valence-electron chi connectivity index (χ4n) is 1.91. The summed E-state index contributed by atoms with van der Waals surface area (Å²) < 4.78 is 5.15. The minimum atomic E-state index is -0.363. The van der Waals surface area contributed by atoms with Crippen LogP contribution in [-0.2, 0) is 4.79 Å². The van der Waals surface area contributed by atoms with E-state index in [1.807, 2.05) is 19.9 Å². The lowest BCUT2D eigenvalue weighted by molar-refractivity contribution is -0.118. The first-order valence-corrected chi connectivity index (χ1v) is 6.48. The number of aliphatic imine (C=N–C) groups is 1. The molecule has 6 nitrogen and oxygen atoms in total. The number of aromatic nitrogens is 2. The summed E-state index contributed by atoms with van der Waals surface area (Å²) in [7, 11) is 0. The van der Waals surface area contributed by atoms with E-state index in [0.29, 0.717) is 24.2 Å². The summed E-state index contributed by atoms with van der Waals surface area (Å²) in [6.45, 7) is 4.00. The van der Waals surface area contributed by atoms with E-state index in [-0.39, 0.29) is 11.9 Å². The van der Waals surface area contributed by atoms with Crippen molar-refractivity contribution in [3.05, 3.63) is 17.5 Å². The Morgan fingerprint density at radius 2 is 2.32 bits per heavy atom. The van der Waals surface area contributed by atoms with Gasteiger partial charge in [0.2, 0.25) is 5.89 Å². The third-order valence-corrected chi connectivity index (χ3v) is 3.21. The second kappa shape index (κ2) is 4.60. The van der Waals surface area contributed by atoms with Crippen molar-refractivity contribution in [3.63, 3.8) is 0 Å². The van der Waals surface area contributed by atoms with Crippen LogP contribution in [0.15, 0.2) is 21.2 Å². The molecule has 0 aromatic carbocycles. The Labute approximate surface area is 111 Å². The Kier molecular flexibility index (Phi) is 2.93. The van der Waals surface area contributed by atoms with E-state index in [1.54, 1.807) is 0 Å². The van der Waals surface area contributed by atoms with Gasteiger partial charge in [-0.05, 0) is 38.3 Å². The topological polar surface area (TPSA) is 71.6 Å². The summed E-state index contributed by atoms with van der Waals surface area (Å²) in [4.78, 5) is 22.0. The number of hydrogen-bond donors (Lipinski definition) is 0. The van der Waals surface area contributed by atoms with Gasteiger partial charge in [0.25, 0.3) is 11.9 Å². The van der Waals surface area contributed by atoms with Crippen LogP contribution in [0, 0.1) is 0 Å². The van der Waals surface area contributed by atoms with Crippen molar-refractivity contribution in [2.75, 3.05) is 4.90 Å². The Morgan fingerprint density at radius 1 is 1.53 bits per heavy atom. The number of amides is 1. The molecule has 1 unspecified atom stereocenters. The summed E-state index contributed by atoms with van der Waals surface area (Å²) >= 11 is 0. The number of carbonyl (C=O) groups excluding carboxylic acids is 1. The van der Waals surface area contributed by atoms with Crippen molar-refractivity contribution >= 4 is 18.2 Å². The summed E-state index contributed by atoms with van der Waals surface area (Å²) in [5, 5.41) is 3.85. The number of anilines is 1. The minimum absolute atomic E-state index is 0.0966. The third kappa shape index (κ3) is 2.43. The van der Waals surface area contributed by atoms with E-state index in [0.717, 1.165) is 12.8 Å². The smallest absolute Gasteiger partial charge is 0.278 e. The Bertz CT molecular complexity index is 553. The molecule has 2 aliphatic rings. The lowest BCUT2D eigenvalue weighted by Crippen LogP contribution is -2.31. The fraction of sp³-hybridized carbons (Fsp3) is 0.538. The van der Waals surface area contributed by atoms with Crippen LogP contribution >= 0.6 is 0 Å². The summed E-state index contributed by atoms with van der Waals surface area (Å²) in [5.74, 6) is 1.22. The van der Waals surface area contributed by atoms with Crippen molar-refractivity contribution in [1.82, 2.24) is 10.1 Å². The van der Waals surface area contributed by atoms with E-state index < -0.39 is 0 Å². The molecule has 19 heavy (non-hydrogen) atoms.